The van der Waals surface area contributed by atoms with E-state index in [1.807, 2.05) is 29.6 Å². The Hall–Kier alpha value is -2.65. The highest BCUT2D eigenvalue weighted by Gasteiger charge is 2.33. The summed E-state index contributed by atoms with van der Waals surface area (Å²) in [4.78, 5) is 14.2. The number of rotatable bonds is 8. The van der Waals surface area contributed by atoms with E-state index >= 15 is 0 Å². The van der Waals surface area contributed by atoms with E-state index in [0.717, 1.165) is 34.9 Å². The first-order valence-electron chi connectivity index (χ1n) is 11.8. The summed E-state index contributed by atoms with van der Waals surface area (Å²) in [5.41, 5.74) is 1.84. The summed E-state index contributed by atoms with van der Waals surface area (Å²) in [6.45, 7) is 0. The molecule has 1 fully saturated rings. The van der Waals surface area contributed by atoms with Gasteiger partial charge in [0, 0.05) is 12.8 Å². The third-order valence-electron chi connectivity index (χ3n) is 6.51. The van der Waals surface area contributed by atoms with Crippen LogP contribution in [0.5, 0.6) is 5.75 Å². The number of thioether (sulfide) groups is 1. The molecule has 5 rings (SSSR count). The Kier molecular flexibility index (Phi) is 7.30. The van der Waals surface area contributed by atoms with Crippen LogP contribution in [-0.4, -0.2) is 37.7 Å². The summed E-state index contributed by atoms with van der Waals surface area (Å²) in [6.07, 6.45) is 9.14. The molecule has 1 amide bonds. The monoisotopic (exact) mass is 496 g/mol. The number of phenols is 1. The quantitative estimate of drug-likeness (QED) is 0.395. The first kappa shape index (κ1) is 23.1. The van der Waals surface area contributed by atoms with Crippen LogP contribution in [0.4, 0.5) is 0 Å². The lowest BCUT2D eigenvalue weighted by Crippen LogP contribution is -2.28. The fraction of sp³-hybridized carbons (Fsp3) is 0.440. The van der Waals surface area contributed by atoms with E-state index in [4.69, 9.17) is 4.42 Å². The predicted molar refractivity (Wildman–Crippen MR) is 133 cm³/mol. The summed E-state index contributed by atoms with van der Waals surface area (Å²) >= 11 is 2.87. The van der Waals surface area contributed by atoms with Crippen molar-refractivity contribution < 1.29 is 14.3 Å². The molecule has 9 heteroatoms. The van der Waals surface area contributed by atoms with Crippen LogP contribution in [0, 0.1) is 5.92 Å². The van der Waals surface area contributed by atoms with Gasteiger partial charge in [0.1, 0.15) is 5.75 Å². The summed E-state index contributed by atoms with van der Waals surface area (Å²) in [7, 11) is 0. The molecule has 3 heterocycles. The number of aromatic hydroxyl groups is 1. The van der Waals surface area contributed by atoms with Crippen molar-refractivity contribution in [3.05, 3.63) is 58.1 Å². The average Bonchev–Trinajstić information content (AvgIpc) is 3.63. The molecule has 1 saturated carbocycles. The van der Waals surface area contributed by atoms with Crippen LogP contribution in [0.3, 0.4) is 0 Å². The SMILES string of the molecule is O=C(CSc1nnc(CCC2CCCCC2)o1)N1N=C(c2cccs2)CC1c1ccc(O)cc1. The third kappa shape index (κ3) is 5.52. The lowest BCUT2D eigenvalue weighted by atomic mass is 9.86. The molecule has 1 atom stereocenters. The highest BCUT2D eigenvalue weighted by atomic mass is 32.2. The van der Waals surface area contributed by atoms with Crippen molar-refractivity contribution in [3.63, 3.8) is 0 Å². The number of thiophene rings is 1. The fourth-order valence-corrected chi connectivity index (χ4v) is 6.03. The number of carbonyl (C=O) groups is 1. The first-order valence-corrected chi connectivity index (χ1v) is 13.7. The Labute approximate surface area is 207 Å². The van der Waals surface area contributed by atoms with Gasteiger partial charge in [0.05, 0.1) is 22.4 Å². The van der Waals surface area contributed by atoms with Crippen LogP contribution in [0.25, 0.3) is 0 Å². The number of aromatic nitrogens is 2. The zero-order valence-electron chi connectivity index (χ0n) is 18.9. The summed E-state index contributed by atoms with van der Waals surface area (Å²) in [6, 6.07) is 10.8. The molecule has 1 aliphatic carbocycles. The minimum Gasteiger partial charge on any atom is -0.508 e. The molecule has 1 aliphatic heterocycles. The maximum atomic E-state index is 13.2. The van der Waals surface area contributed by atoms with Crippen LogP contribution in [0.2, 0.25) is 0 Å². The number of hydrogen-bond donors (Lipinski definition) is 1. The number of benzene rings is 1. The van der Waals surface area contributed by atoms with E-state index in [1.54, 1.807) is 28.5 Å². The van der Waals surface area contributed by atoms with Crippen molar-refractivity contribution in [2.24, 2.45) is 11.0 Å². The maximum absolute atomic E-state index is 13.2. The molecule has 0 radical (unpaired) electrons. The Morgan fingerprint density at radius 3 is 2.74 bits per heavy atom. The molecular formula is C25H28N4O3S2. The number of phenolic OH excluding ortho intramolecular Hbond substituents is 1. The van der Waals surface area contributed by atoms with Crippen molar-refractivity contribution in [2.45, 2.75) is 62.6 Å². The topological polar surface area (TPSA) is 91.8 Å². The second-order valence-electron chi connectivity index (χ2n) is 8.87. The molecule has 7 nitrogen and oxygen atoms in total. The minimum absolute atomic E-state index is 0.114. The minimum atomic E-state index is -0.209. The number of nitrogens with zero attached hydrogens (tertiary/aromatic N) is 4. The van der Waals surface area contributed by atoms with Gasteiger partial charge in [-0.2, -0.15) is 5.10 Å². The van der Waals surface area contributed by atoms with Gasteiger partial charge in [0.15, 0.2) is 0 Å². The lowest BCUT2D eigenvalue weighted by Gasteiger charge is -2.21. The molecule has 0 bridgehead atoms. The van der Waals surface area contributed by atoms with Crippen molar-refractivity contribution >= 4 is 34.7 Å². The van der Waals surface area contributed by atoms with E-state index in [9.17, 15) is 9.90 Å². The standard InChI is InChI=1S/C25H28N4O3S2/c30-19-11-9-18(10-12-19)21-15-20(22-7-4-14-33-22)28-29(21)24(31)16-34-25-27-26-23(32-25)13-8-17-5-2-1-3-6-17/h4,7,9-12,14,17,21,30H,1-3,5-6,8,13,15-16H2. The normalized spacial score (nSPS) is 18.9. The van der Waals surface area contributed by atoms with E-state index in [2.05, 4.69) is 15.3 Å². The van der Waals surface area contributed by atoms with Gasteiger partial charge in [0.25, 0.3) is 11.1 Å². The molecule has 1 aromatic carbocycles. The maximum Gasteiger partial charge on any atom is 0.277 e. The van der Waals surface area contributed by atoms with Crippen molar-refractivity contribution in [1.82, 2.24) is 15.2 Å². The van der Waals surface area contributed by atoms with Crippen molar-refractivity contribution in [3.8, 4) is 5.75 Å². The van der Waals surface area contributed by atoms with Gasteiger partial charge in [-0.15, -0.1) is 21.5 Å². The number of aryl methyl sites for hydroxylation is 1. The van der Waals surface area contributed by atoms with Crippen molar-refractivity contribution in [1.29, 1.82) is 0 Å². The average molecular weight is 497 g/mol. The van der Waals surface area contributed by atoms with Gasteiger partial charge >= 0.3 is 0 Å². The van der Waals surface area contributed by atoms with E-state index in [0.29, 0.717) is 17.5 Å². The number of hydrazone groups is 1. The van der Waals surface area contributed by atoms with Gasteiger partial charge in [0.2, 0.25) is 5.89 Å². The van der Waals surface area contributed by atoms with Gasteiger partial charge < -0.3 is 9.52 Å². The summed E-state index contributed by atoms with van der Waals surface area (Å²) < 4.78 is 5.80. The van der Waals surface area contributed by atoms with Crippen LogP contribution in [0.15, 0.2) is 56.5 Å². The smallest absolute Gasteiger partial charge is 0.277 e. The van der Waals surface area contributed by atoms with Crippen LogP contribution < -0.4 is 0 Å². The molecule has 3 aromatic rings. The second kappa shape index (κ2) is 10.7. The fourth-order valence-electron chi connectivity index (χ4n) is 4.68. The molecule has 2 aliphatic rings. The van der Waals surface area contributed by atoms with Gasteiger partial charge in [-0.25, -0.2) is 5.01 Å². The molecule has 0 saturated heterocycles. The molecular weight excluding hydrogens is 468 g/mol. The third-order valence-corrected chi connectivity index (χ3v) is 8.23. The Bertz CT molecular complexity index is 1120. The highest BCUT2D eigenvalue weighted by Crippen LogP contribution is 2.35. The van der Waals surface area contributed by atoms with E-state index in [1.165, 1.54) is 43.9 Å². The first-order chi connectivity index (χ1) is 16.7. The predicted octanol–water partition coefficient (Wildman–Crippen LogP) is 5.82. The number of amides is 1. The molecule has 1 unspecified atom stereocenters. The van der Waals surface area contributed by atoms with Crippen molar-refractivity contribution in [2.75, 3.05) is 5.75 Å². The molecule has 34 heavy (non-hydrogen) atoms. The van der Waals surface area contributed by atoms with Crippen LogP contribution in [0.1, 0.15) is 67.3 Å². The van der Waals surface area contributed by atoms with Crippen LogP contribution in [-0.2, 0) is 11.2 Å². The highest BCUT2D eigenvalue weighted by molar-refractivity contribution is 7.99. The molecule has 2 aromatic heterocycles. The zero-order chi connectivity index (χ0) is 23.3. The molecule has 178 valence electrons. The Morgan fingerprint density at radius 2 is 1.97 bits per heavy atom. The van der Waals surface area contributed by atoms with E-state index in [-0.39, 0.29) is 23.5 Å². The van der Waals surface area contributed by atoms with Gasteiger partial charge in [-0.05, 0) is 41.5 Å². The largest absolute Gasteiger partial charge is 0.508 e. The van der Waals surface area contributed by atoms with Gasteiger partial charge in [-0.3, -0.25) is 4.79 Å². The Balaban J connectivity index is 1.22. The van der Waals surface area contributed by atoms with Gasteiger partial charge in [-0.1, -0.05) is 62.1 Å². The number of carbonyl (C=O) groups excluding carboxylic acids is 1. The Morgan fingerprint density at radius 1 is 1.15 bits per heavy atom. The van der Waals surface area contributed by atoms with E-state index < -0.39 is 0 Å². The lowest BCUT2D eigenvalue weighted by molar-refractivity contribution is -0.130. The van der Waals surface area contributed by atoms with Crippen LogP contribution >= 0.6 is 23.1 Å². The molecule has 1 N–H and O–H groups in total. The summed E-state index contributed by atoms with van der Waals surface area (Å²) in [5, 5.41) is 26.7. The summed E-state index contributed by atoms with van der Waals surface area (Å²) in [5.74, 6) is 1.67. The number of hydrogen-bond acceptors (Lipinski definition) is 8. The molecule has 0 spiro atoms. The zero-order valence-corrected chi connectivity index (χ0v) is 20.6. The second-order valence-corrected chi connectivity index (χ2v) is 10.7.